The molecule has 0 N–H and O–H groups in total. The van der Waals surface area contributed by atoms with E-state index in [2.05, 4.69) is 6.92 Å². The van der Waals surface area contributed by atoms with Crippen LogP contribution < -0.4 is 0 Å². The monoisotopic (exact) mass is 174 g/mol. The van der Waals surface area contributed by atoms with Crippen LogP contribution in [0.2, 0.25) is 0 Å². The number of rotatable bonds is 2. The average molecular weight is 175 g/mol. The highest BCUT2D eigenvalue weighted by Gasteiger charge is 2.47. The molecule has 0 aromatic carbocycles. The summed E-state index contributed by atoms with van der Waals surface area (Å²) in [4.78, 5) is 0. The van der Waals surface area contributed by atoms with Crippen LogP contribution in [0, 0.1) is 11.3 Å². The maximum absolute atomic E-state index is 5.94. The molecule has 64 valence electrons. The highest BCUT2D eigenvalue weighted by atomic mass is 35.5. The molecule has 1 heterocycles. The second-order valence-corrected chi connectivity index (χ2v) is 4.43. The lowest BCUT2D eigenvalue weighted by Crippen LogP contribution is -2.31. The van der Waals surface area contributed by atoms with Gasteiger partial charge in [-0.2, -0.15) is 0 Å². The lowest BCUT2D eigenvalue weighted by atomic mass is 9.83. The van der Waals surface area contributed by atoms with E-state index in [1.54, 1.807) is 0 Å². The Kier molecular flexibility index (Phi) is 1.89. The van der Waals surface area contributed by atoms with E-state index in [-0.39, 0.29) is 5.41 Å². The van der Waals surface area contributed by atoms with Crippen LogP contribution in [0.5, 0.6) is 0 Å². The van der Waals surface area contributed by atoms with Gasteiger partial charge in [0, 0.05) is 17.9 Å². The van der Waals surface area contributed by atoms with Gasteiger partial charge in [0.25, 0.3) is 0 Å². The molecular weight excluding hydrogens is 160 g/mol. The third-order valence-corrected chi connectivity index (χ3v) is 3.62. The average Bonchev–Trinajstić information content (AvgIpc) is 2.77. The first-order chi connectivity index (χ1) is 5.26. The van der Waals surface area contributed by atoms with Crippen LogP contribution >= 0.6 is 11.6 Å². The molecule has 1 aliphatic heterocycles. The van der Waals surface area contributed by atoms with Crippen LogP contribution in [-0.4, -0.2) is 18.6 Å². The van der Waals surface area contributed by atoms with E-state index in [1.165, 1.54) is 12.8 Å². The van der Waals surface area contributed by atoms with Crippen molar-refractivity contribution in [3.8, 4) is 0 Å². The summed E-state index contributed by atoms with van der Waals surface area (Å²) >= 11 is 5.94. The molecule has 2 fully saturated rings. The molecule has 1 nitrogen and oxygen atoms in total. The van der Waals surface area contributed by atoms with Crippen molar-refractivity contribution >= 4 is 11.6 Å². The number of halogens is 1. The molecule has 0 radical (unpaired) electrons. The topological polar surface area (TPSA) is 9.23 Å². The third-order valence-electron chi connectivity index (χ3n) is 3.01. The van der Waals surface area contributed by atoms with Gasteiger partial charge in [-0.3, -0.25) is 0 Å². The smallest absolute Gasteiger partial charge is 0.0669 e. The number of hydrogen-bond donors (Lipinski definition) is 0. The Hall–Kier alpha value is 0.250. The van der Waals surface area contributed by atoms with Gasteiger partial charge in [0.1, 0.15) is 0 Å². The molecule has 0 amide bonds. The second-order valence-electron chi connectivity index (χ2n) is 4.17. The van der Waals surface area contributed by atoms with Crippen molar-refractivity contribution in [3.63, 3.8) is 0 Å². The zero-order chi connectivity index (χ0) is 7.90. The predicted molar refractivity (Wildman–Crippen MR) is 45.9 cm³/mol. The molecule has 2 atom stereocenters. The molecule has 11 heavy (non-hydrogen) atoms. The molecule has 1 saturated carbocycles. The van der Waals surface area contributed by atoms with E-state index in [4.69, 9.17) is 16.3 Å². The first kappa shape index (κ1) is 7.88. The Bertz CT molecular complexity index is 156. The zero-order valence-electron chi connectivity index (χ0n) is 6.98. The standard InChI is InChI=1S/C9H15ClO/c1-9(6-10)4-5-11-8(9)7-2-3-7/h7-8H,2-6H2,1H3. The molecular formula is C9H15ClO. The van der Waals surface area contributed by atoms with Crippen LogP contribution in [0.25, 0.3) is 0 Å². The van der Waals surface area contributed by atoms with Gasteiger partial charge in [-0.15, -0.1) is 11.6 Å². The summed E-state index contributed by atoms with van der Waals surface area (Å²) in [6.07, 6.45) is 4.34. The first-order valence-electron chi connectivity index (χ1n) is 4.44. The van der Waals surface area contributed by atoms with Gasteiger partial charge in [0.15, 0.2) is 0 Å². The number of alkyl halides is 1. The number of ether oxygens (including phenoxy) is 1. The second kappa shape index (κ2) is 2.63. The Morgan fingerprint density at radius 3 is 2.82 bits per heavy atom. The molecule has 2 aliphatic rings. The van der Waals surface area contributed by atoms with Crippen molar-refractivity contribution in [2.75, 3.05) is 12.5 Å². The zero-order valence-corrected chi connectivity index (χ0v) is 7.73. The minimum atomic E-state index is 0.280. The molecule has 2 heteroatoms. The molecule has 1 aliphatic carbocycles. The van der Waals surface area contributed by atoms with Crippen molar-refractivity contribution in [2.24, 2.45) is 11.3 Å². The van der Waals surface area contributed by atoms with Crippen LogP contribution in [0.3, 0.4) is 0 Å². The Morgan fingerprint density at radius 2 is 2.27 bits per heavy atom. The van der Waals surface area contributed by atoms with Crippen LogP contribution in [0.1, 0.15) is 26.2 Å². The Morgan fingerprint density at radius 1 is 1.55 bits per heavy atom. The van der Waals surface area contributed by atoms with Gasteiger partial charge in [-0.05, 0) is 25.2 Å². The first-order valence-corrected chi connectivity index (χ1v) is 4.97. The van der Waals surface area contributed by atoms with Crippen LogP contribution in [0.4, 0.5) is 0 Å². The van der Waals surface area contributed by atoms with Crippen molar-refractivity contribution < 1.29 is 4.74 Å². The lowest BCUT2D eigenvalue weighted by molar-refractivity contribution is 0.0475. The van der Waals surface area contributed by atoms with Crippen molar-refractivity contribution in [1.29, 1.82) is 0 Å². The molecule has 0 aromatic rings. The van der Waals surface area contributed by atoms with Crippen molar-refractivity contribution in [3.05, 3.63) is 0 Å². The quantitative estimate of drug-likeness (QED) is 0.585. The fraction of sp³-hybridized carbons (Fsp3) is 1.00. The molecule has 2 unspecified atom stereocenters. The lowest BCUT2D eigenvalue weighted by Gasteiger charge is -2.27. The van der Waals surface area contributed by atoms with Gasteiger partial charge in [-0.1, -0.05) is 6.92 Å². The summed E-state index contributed by atoms with van der Waals surface area (Å²) in [7, 11) is 0. The summed E-state index contributed by atoms with van der Waals surface area (Å²) in [6, 6.07) is 0. The van der Waals surface area contributed by atoms with E-state index in [0.717, 1.165) is 24.8 Å². The van der Waals surface area contributed by atoms with Gasteiger partial charge >= 0.3 is 0 Å². The molecule has 0 aromatic heterocycles. The molecule has 0 bridgehead atoms. The van der Waals surface area contributed by atoms with Crippen molar-refractivity contribution in [2.45, 2.75) is 32.3 Å². The largest absolute Gasteiger partial charge is 0.377 e. The molecule has 2 rings (SSSR count). The minimum Gasteiger partial charge on any atom is -0.377 e. The maximum Gasteiger partial charge on any atom is 0.0669 e. The van der Waals surface area contributed by atoms with Crippen LogP contribution in [0.15, 0.2) is 0 Å². The summed E-state index contributed by atoms with van der Waals surface area (Å²) < 4.78 is 5.70. The molecule has 0 spiro atoms. The highest BCUT2D eigenvalue weighted by molar-refractivity contribution is 6.18. The summed E-state index contributed by atoms with van der Waals surface area (Å²) in [5.41, 5.74) is 0.280. The maximum atomic E-state index is 5.94. The van der Waals surface area contributed by atoms with E-state index in [0.29, 0.717) is 6.10 Å². The van der Waals surface area contributed by atoms with E-state index in [1.807, 2.05) is 0 Å². The van der Waals surface area contributed by atoms with Gasteiger partial charge < -0.3 is 4.74 Å². The highest BCUT2D eigenvalue weighted by Crippen LogP contribution is 2.47. The van der Waals surface area contributed by atoms with Gasteiger partial charge in [-0.25, -0.2) is 0 Å². The molecule has 1 saturated heterocycles. The van der Waals surface area contributed by atoms with E-state index in [9.17, 15) is 0 Å². The summed E-state index contributed by atoms with van der Waals surface area (Å²) in [6.45, 7) is 3.18. The van der Waals surface area contributed by atoms with Gasteiger partial charge in [0.2, 0.25) is 0 Å². The predicted octanol–water partition coefficient (Wildman–Crippen LogP) is 2.43. The fourth-order valence-corrected chi connectivity index (χ4v) is 2.30. The van der Waals surface area contributed by atoms with E-state index >= 15 is 0 Å². The van der Waals surface area contributed by atoms with Crippen LogP contribution in [-0.2, 0) is 4.74 Å². The normalized spacial score (nSPS) is 44.7. The summed E-state index contributed by atoms with van der Waals surface area (Å²) in [5, 5.41) is 0. The Labute approximate surface area is 73.1 Å². The minimum absolute atomic E-state index is 0.280. The fourth-order valence-electron chi connectivity index (χ4n) is 2.01. The Balaban J connectivity index is 2.05. The van der Waals surface area contributed by atoms with Gasteiger partial charge in [0.05, 0.1) is 6.10 Å². The SMILES string of the molecule is CC1(CCl)CCOC1C1CC1. The summed E-state index contributed by atoms with van der Waals surface area (Å²) in [5.74, 6) is 1.59. The van der Waals surface area contributed by atoms with E-state index < -0.39 is 0 Å². The van der Waals surface area contributed by atoms with Crippen molar-refractivity contribution in [1.82, 2.24) is 0 Å². The third kappa shape index (κ3) is 1.29. The number of hydrogen-bond acceptors (Lipinski definition) is 1.